The first kappa shape index (κ1) is 26.4. The van der Waals surface area contributed by atoms with Crippen LogP contribution in [0.2, 0.25) is 0 Å². The van der Waals surface area contributed by atoms with Gasteiger partial charge in [-0.15, -0.1) is 34.4 Å². The molecule has 2 aliphatic heterocycles. The van der Waals surface area contributed by atoms with Crippen LogP contribution in [0.4, 0.5) is 5.13 Å². The van der Waals surface area contributed by atoms with Gasteiger partial charge >= 0.3 is 29.6 Å². The molecule has 2 atom stereocenters. The van der Waals surface area contributed by atoms with E-state index in [0.29, 0.717) is 5.01 Å². The average molecular weight is 533 g/mol. The summed E-state index contributed by atoms with van der Waals surface area (Å²) in [5.41, 5.74) is 6.14. The predicted octanol–water partition coefficient (Wildman–Crippen LogP) is -3.58. The van der Waals surface area contributed by atoms with E-state index in [4.69, 9.17) is 15.3 Å². The molecule has 2 amide bonds. The molecule has 0 unspecified atom stereocenters. The van der Waals surface area contributed by atoms with Crippen molar-refractivity contribution >= 4 is 63.1 Å². The van der Waals surface area contributed by atoms with Crippen molar-refractivity contribution in [2.75, 3.05) is 18.6 Å². The van der Waals surface area contributed by atoms with E-state index >= 15 is 0 Å². The van der Waals surface area contributed by atoms with Crippen molar-refractivity contribution in [3.8, 4) is 0 Å². The number of aryl methyl sites for hydroxylation is 1. The number of ether oxygens (including phenoxy) is 1. The number of nitrogens with two attached hydrogens (primary N) is 1. The number of thiazole rings is 2. The molecule has 2 aromatic heterocycles. The number of carboxylic acids is 1. The number of aliphatic carboxylic acids is 1. The van der Waals surface area contributed by atoms with Crippen molar-refractivity contribution in [2.24, 2.45) is 5.16 Å². The Morgan fingerprint density at radius 1 is 1.35 bits per heavy atom. The second-order valence-corrected chi connectivity index (χ2v) is 9.72. The molecule has 0 aromatic carbocycles. The number of oxime groups is 1. The molecule has 0 bridgehead atoms. The van der Waals surface area contributed by atoms with Crippen LogP contribution in [0.15, 0.2) is 27.4 Å². The summed E-state index contributed by atoms with van der Waals surface area (Å²) in [6.07, 6.45) is 0. The number of nitrogens with one attached hydrogen (secondary N) is 1. The van der Waals surface area contributed by atoms with Crippen LogP contribution < -0.4 is 45.7 Å². The molecule has 0 radical (unpaired) electrons. The van der Waals surface area contributed by atoms with Crippen molar-refractivity contribution in [3.05, 3.63) is 38.6 Å². The molecule has 174 valence electrons. The Kier molecular flexibility index (Phi) is 8.59. The summed E-state index contributed by atoms with van der Waals surface area (Å²) < 4.78 is 5.65. The summed E-state index contributed by atoms with van der Waals surface area (Å²) >= 11 is 3.76. The third kappa shape index (κ3) is 5.23. The van der Waals surface area contributed by atoms with Gasteiger partial charge in [-0.1, -0.05) is 5.16 Å². The second-order valence-electron chi connectivity index (χ2n) is 6.78. The Hall–Kier alpha value is -2.17. The van der Waals surface area contributed by atoms with Crippen LogP contribution in [0.5, 0.6) is 0 Å². The van der Waals surface area contributed by atoms with Crippen LogP contribution >= 0.6 is 34.4 Å². The van der Waals surface area contributed by atoms with Crippen molar-refractivity contribution in [1.82, 2.24) is 20.2 Å². The molecule has 2 aromatic rings. The Bertz CT molecular complexity index is 1180. The van der Waals surface area contributed by atoms with Crippen molar-refractivity contribution in [3.63, 3.8) is 0 Å². The summed E-state index contributed by atoms with van der Waals surface area (Å²) in [4.78, 5) is 51.4. The fourth-order valence-corrected chi connectivity index (χ4v) is 5.72. The molecule has 0 aliphatic carbocycles. The maximum absolute atomic E-state index is 12.8. The van der Waals surface area contributed by atoms with Crippen LogP contribution in [0.1, 0.15) is 16.4 Å². The molecule has 2 aliphatic rings. The maximum atomic E-state index is 12.8. The number of fused-ring (bicyclic) bond motifs is 1. The van der Waals surface area contributed by atoms with Gasteiger partial charge in [0.15, 0.2) is 10.8 Å². The van der Waals surface area contributed by atoms with Crippen molar-refractivity contribution < 1.29 is 58.6 Å². The number of β-lactam (4-membered cyclic amide) rings is 1. The maximum Gasteiger partial charge on any atom is 1.00 e. The largest absolute Gasteiger partial charge is 1.00 e. The fourth-order valence-electron chi connectivity index (χ4n) is 3.21. The Balaban J connectivity index is 0.00000324. The molecule has 0 saturated carbocycles. The van der Waals surface area contributed by atoms with Gasteiger partial charge < -0.3 is 30.5 Å². The van der Waals surface area contributed by atoms with E-state index in [1.54, 1.807) is 0 Å². The monoisotopic (exact) mass is 532 g/mol. The third-order valence-electron chi connectivity index (χ3n) is 4.61. The molecular formula is C18H17N6NaO6S3. The van der Waals surface area contributed by atoms with Crippen LogP contribution in [0.3, 0.4) is 0 Å². The Morgan fingerprint density at radius 2 is 2.12 bits per heavy atom. The van der Waals surface area contributed by atoms with Crippen LogP contribution in [-0.4, -0.2) is 62.6 Å². The fraction of sp³-hybridized carbons (Fsp3) is 0.333. The number of rotatable bonds is 8. The topological polar surface area (TPSA) is 172 Å². The molecule has 34 heavy (non-hydrogen) atoms. The number of carbonyl (C=O) groups is 3. The molecule has 3 N–H and O–H groups in total. The number of amides is 2. The van der Waals surface area contributed by atoms with E-state index in [2.05, 4.69) is 20.4 Å². The minimum atomic E-state index is -1.54. The van der Waals surface area contributed by atoms with E-state index < -0.39 is 29.2 Å². The van der Waals surface area contributed by atoms with Gasteiger partial charge in [-0.05, 0) is 6.92 Å². The van der Waals surface area contributed by atoms with E-state index in [9.17, 15) is 19.5 Å². The molecule has 1 saturated heterocycles. The number of nitrogen functional groups attached to an aromatic ring is 1. The van der Waals surface area contributed by atoms with Gasteiger partial charge in [-0.2, -0.15) is 0 Å². The van der Waals surface area contributed by atoms with Gasteiger partial charge in [-0.25, -0.2) is 9.97 Å². The van der Waals surface area contributed by atoms with E-state index in [1.165, 1.54) is 35.6 Å². The van der Waals surface area contributed by atoms with Crippen molar-refractivity contribution in [2.45, 2.75) is 24.9 Å². The van der Waals surface area contributed by atoms with Crippen LogP contribution in [0.25, 0.3) is 0 Å². The SMILES string of the molecule is CO/N=C(\C(=O)N[C@@H]1C(=O)N2C(C(=O)[O-])=C(OCc3nc(C)cs3)CS[C@H]12)c1csc(N)n1.[Na+]. The average Bonchev–Trinajstić information content (AvgIpc) is 3.40. The van der Waals surface area contributed by atoms with Gasteiger partial charge in [0.2, 0.25) is 0 Å². The smallest absolute Gasteiger partial charge is 0.543 e. The molecule has 16 heteroatoms. The second kappa shape index (κ2) is 11.0. The molecule has 1 fully saturated rings. The minimum absolute atomic E-state index is 0. The number of carbonyl (C=O) groups excluding carboxylic acids is 3. The first-order valence-electron chi connectivity index (χ1n) is 9.36. The molecule has 0 spiro atoms. The quantitative estimate of drug-likeness (QED) is 0.150. The molecule has 12 nitrogen and oxygen atoms in total. The Morgan fingerprint density at radius 3 is 2.71 bits per heavy atom. The zero-order chi connectivity index (χ0) is 23.7. The van der Waals surface area contributed by atoms with E-state index in [-0.39, 0.29) is 69.9 Å². The molecular weight excluding hydrogens is 515 g/mol. The number of thioether (sulfide) groups is 1. The Labute approximate surface area is 227 Å². The number of carboxylic acid groups (broad SMARTS) is 1. The number of hydrogen-bond donors (Lipinski definition) is 2. The van der Waals surface area contributed by atoms with Gasteiger partial charge in [0, 0.05) is 16.5 Å². The first-order chi connectivity index (χ1) is 15.8. The number of anilines is 1. The van der Waals surface area contributed by atoms with Gasteiger partial charge in [-0.3, -0.25) is 14.5 Å². The van der Waals surface area contributed by atoms with E-state index in [0.717, 1.165) is 21.9 Å². The number of aromatic nitrogens is 2. The zero-order valence-corrected chi connectivity index (χ0v) is 22.7. The van der Waals surface area contributed by atoms with Crippen molar-refractivity contribution in [1.29, 1.82) is 0 Å². The van der Waals surface area contributed by atoms with Gasteiger partial charge in [0.05, 0.1) is 11.7 Å². The normalized spacial score (nSPS) is 19.6. The molecule has 4 rings (SSSR count). The number of nitrogens with zero attached hydrogens (tertiary/aromatic N) is 4. The number of hydrogen-bond acceptors (Lipinski definition) is 13. The molecule has 4 heterocycles. The van der Waals surface area contributed by atoms with Gasteiger partial charge in [0.25, 0.3) is 11.8 Å². The summed E-state index contributed by atoms with van der Waals surface area (Å²) in [6.45, 7) is 1.91. The predicted molar refractivity (Wildman–Crippen MR) is 119 cm³/mol. The first-order valence-corrected chi connectivity index (χ1v) is 12.2. The summed E-state index contributed by atoms with van der Waals surface area (Å²) in [6, 6.07) is -0.974. The van der Waals surface area contributed by atoms with Crippen LogP contribution in [0, 0.1) is 6.92 Å². The third-order valence-corrected chi connectivity index (χ3v) is 7.48. The zero-order valence-electron chi connectivity index (χ0n) is 18.3. The van der Waals surface area contributed by atoms with Gasteiger partial charge in [0.1, 0.15) is 47.3 Å². The summed E-state index contributed by atoms with van der Waals surface area (Å²) in [5.74, 6) is -2.57. The van der Waals surface area contributed by atoms with E-state index in [1.807, 2.05) is 12.3 Å². The van der Waals surface area contributed by atoms with Crippen LogP contribution in [-0.2, 0) is 30.6 Å². The minimum Gasteiger partial charge on any atom is -0.543 e. The summed E-state index contributed by atoms with van der Waals surface area (Å²) in [5, 5.41) is 21.7. The standard InChI is InChI=1S/C18H18N6O6S3.Na/c1-7-4-31-10(20-7)3-30-9-6-32-16-12(15(26)24(16)13(9)17(27)28)22-14(25)11(23-29-2)8-5-33-18(19)21-8;/h4-5,12,16H,3,6H2,1-2H3,(H2,19,21)(H,22,25)(H,27,28);/q;+1/p-1/b23-11-;/t12-,16-;/m1./s1. The summed E-state index contributed by atoms with van der Waals surface area (Å²) in [7, 11) is 1.27.